The number of methoxy groups -OCH3 is 2. The van der Waals surface area contributed by atoms with Crippen molar-refractivity contribution in [3.8, 4) is 34.2 Å². The van der Waals surface area contributed by atoms with E-state index >= 15 is 0 Å². The number of esters is 1. The summed E-state index contributed by atoms with van der Waals surface area (Å²) >= 11 is 1.15. The van der Waals surface area contributed by atoms with E-state index in [1.165, 1.54) is 7.11 Å². The van der Waals surface area contributed by atoms with Crippen molar-refractivity contribution in [3.63, 3.8) is 0 Å². The van der Waals surface area contributed by atoms with Gasteiger partial charge in [0.1, 0.15) is 22.9 Å². The fraction of sp³-hybridized carbons (Fsp3) is 0.345. The lowest BCUT2D eigenvalue weighted by Crippen LogP contribution is -2.30. The molecule has 0 spiro atoms. The molecule has 0 bridgehead atoms. The standard InChI is InChI=1S/C29H32N2O5S2/c1-4-5-15-38(33)20-24(18-34-2)36-28(32)19-37-29-26(17-30)25(21-9-7-6-8-10-21)16-27(31-29)22-11-13-23(35-3)14-12-22/h6-14,16,24H,4-5,15,18-20H2,1-3H3. The van der Waals surface area contributed by atoms with E-state index in [-0.39, 0.29) is 18.1 Å². The first kappa shape index (κ1) is 29.4. The maximum atomic E-state index is 12.8. The average molecular weight is 553 g/mol. The Morgan fingerprint density at radius 1 is 1.11 bits per heavy atom. The second kappa shape index (κ2) is 15.3. The van der Waals surface area contributed by atoms with E-state index in [2.05, 4.69) is 6.07 Å². The van der Waals surface area contributed by atoms with Crippen LogP contribution in [0.25, 0.3) is 22.4 Å². The Morgan fingerprint density at radius 3 is 2.47 bits per heavy atom. The van der Waals surface area contributed by atoms with E-state index < -0.39 is 22.9 Å². The highest BCUT2D eigenvalue weighted by Gasteiger charge is 2.21. The van der Waals surface area contributed by atoms with Crippen molar-refractivity contribution in [2.24, 2.45) is 0 Å². The van der Waals surface area contributed by atoms with Gasteiger partial charge in [0.05, 0.1) is 36.5 Å². The molecule has 200 valence electrons. The zero-order valence-electron chi connectivity index (χ0n) is 21.8. The van der Waals surface area contributed by atoms with Crippen LogP contribution in [-0.2, 0) is 25.1 Å². The van der Waals surface area contributed by atoms with E-state index in [1.54, 1.807) is 7.11 Å². The van der Waals surface area contributed by atoms with Gasteiger partial charge in [-0.2, -0.15) is 5.26 Å². The van der Waals surface area contributed by atoms with Crippen LogP contribution in [0.5, 0.6) is 5.75 Å². The molecule has 9 heteroatoms. The molecule has 3 rings (SSSR count). The molecule has 2 atom stereocenters. The van der Waals surface area contributed by atoms with Crippen LogP contribution in [0.3, 0.4) is 0 Å². The third-order valence-corrected chi connectivity index (χ3v) is 8.08. The molecular formula is C29H32N2O5S2. The maximum Gasteiger partial charge on any atom is 0.316 e. The number of hydrogen-bond acceptors (Lipinski definition) is 8. The topological polar surface area (TPSA) is 98.5 Å². The van der Waals surface area contributed by atoms with Crippen molar-refractivity contribution in [3.05, 3.63) is 66.2 Å². The lowest BCUT2D eigenvalue weighted by atomic mass is 9.99. The zero-order chi connectivity index (χ0) is 27.3. The average Bonchev–Trinajstić information content (AvgIpc) is 2.95. The molecule has 0 aliphatic carbocycles. The number of nitriles is 1. The Balaban J connectivity index is 1.86. The number of unbranched alkanes of at least 4 members (excludes halogenated alkanes) is 1. The summed E-state index contributed by atoms with van der Waals surface area (Å²) in [5.41, 5.74) is 3.52. The Bertz CT molecular complexity index is 1260. The number of aromatic nitrogens is 1. The normalized spacial score (nSPS) is 12.4. The van der Waals surface area contributed by atoms with Crippen LogP contribution >= 0.6 is 11.8 Å². The van der Waals surface area contributed by atoms with Crippen molar-refractivity contribution >= 4 is 28.5 Å². The van der Waals surface area contributed by atoms with E-state index in [1.807, 2.05) is 67.6 Å². The monoisotopic (exact) mass is 552 g/mol. The molecule has 0 fully saturated rings. The quantitative estimate of drug-likeness (QED) is 0.191. The van der Waals surface area contributed by atoms with Crippen LogP contribution in [0.2, 0.25) is 0 Å². The van der Waals surface area contributed by atoms with Gasteiger partial charge in [0.25, 0.3) is 0 Å². The minimum absolute atomic E-state index is 0.0518. The predicted molar refractivity (Wildman–Crippen MR) is 152 cm³/mol. The summed E-state index contributed by atoms with van der Waals surface area (Å²) in [4.78, 5) is 17.5. The second-order valence-corrected chi connectivity index (χ2v) is 11.0. The van der Waals surface area contributed by atoms with E-state index in [4.69, 9.17) is 19.2 Å². The van der Waals surface area contributed by atoms with E-state index in [0.29, 0.717) is 22.0 Å². The summed E-state index contributed by atoms with van der Waals surface area (Å²) in [5, 5.41) is 10.5. The number of carbonyl (C=O) groups is 1. The molecule has 0 amide bonds. The third-order valence-electron chi connectivity index (χ3n) is 5.64. The molecular weight excluding hydrogens is 520 g/mol. The van der Waals surface area contributed by atoms with Gasteiger partial charge in [0, 0.05) is 34.8 Å². The highest BCUT2D eigenvalue weighted by Crippen LogP contribution is 2.34. The van der Waals surface area contributed by atoms with Gasteiger partial charge < -0.3 is 14.2 Å². The lowest BCUT2D eigenvalue weighted by molar-refractivity contribution is -0.146. The molecule has 0 aliphatic heterocycles. The molecule has 2 unspecified atom stereocenters. The van der Waals surface area contributed by atoms with Crippen molar-refractivity contribution in [1.82, 2.24) is 4.98 Å². The lowest BCUT2D eigenvalue weighted by Gasteiger charge is -2.17. The summed E-state index contributed by atoms with van der Waals surface area (Å²) in [7, 11) is 2.03. The Kier molecular flexibility index (Phi) is 11.8. The van der Waals surface area contributed by atoms with Gasteiger partial charge >= 0.3 is 5.97 Å². The fourth-order valence-electron chi connectivity index (χ4n) is 3.73. The molecule has 3 aromatic rings. The largest absolute Gasteiger partial charge is 0.497 e. The Morgan fingerprint density at radius 2 is 1.84 bits per heavy atom. The first-order valence-corrected chi connectivity index (χ1v) is 14.8. The van der Waals surface area contributed by atoms with Gasteiger partial charge in [-0.1, -0.05) is 55.4 Å². The van der Waals surface area contributed by atoms with Crippen molar-refractivity contribution < 1.29 is 23.2 Å². The number of thioether (sulfide) groups is 1. The fourth-order valence-corrected chi connectivity index (χ4v) is 5.88. The summed E-state index contributed by atoms with van der Waals surface area (Å²) in [5.74, 6) is 0.996. The van der Waals surface area contributed by atoms with Crippen molar-refractivity contribution in [1.29, 1.82) is 5.26 Å². The molecule has 0 aliphatic rings. The number of carbonyl (C=O) groups excluding carboxylic acids is 1. The van der Waals surface area contributed by atoms with Gasteiger partial charge in [0.2, 0.25) is 0 Å². The summed E-state index contributed by atoms with van der Waals surface area (Å²) < 4.78 is 28.4. The number of hydrogen-bond donors (Lipinski definition) is 0. The number of benzene rings is 2. The summed E-state index contributed by atoms with van der Waals surface area (Å²) in [6.07, 6.45) is 1.21. The number of rotatable bonds is 14. The Labute approximate surface area is 231 Å². The first-order chi connectivity index (χ1) is 18.5. The smallest absolute Gasteiger partial charge is 0.316 e. The second-order valence-electron chi connectivity index (χ2n) is 8.46. The van der Waals surface area contributed by atoms with Gasteiger partial charge in [-0.05, 0) is 42.3 Å². The molecule has 0 N–H and O–H groups in total. The molecule has 0 saturated carbocycles. The molecule has 0 saturated heterocycles. The van der Waals surface area contributed by atoms with Gasteiger partial charge in [-0.15, -0.1) is 0 Å². The zero-order valence-corrected chi connectivity index (χ0v) is 23.5. The van der Waals surface area contributed by atoms with E-state index in [9.17, 15) is 14.3 Å². The van der Waals surface area contributed by atoms with Crippen LogP contribution in [0.4, 0.5) is 0 Å². The van der Waals surface area contributed by atoms with Crippen molar-refractivity contribution in [2.75, 3.05) is 38.1 Å². The highest BCUT2D eigenvalue weighted by atomic mass is 32.2. The Hall–Kier alpha value is -3.19. The van der Waals surface area contributed by atoms with Crippen molar-refractivity contribution in [2.45, 2.75) is 30.9 Å². The SMILES string of the molecule is CCCCS(=O)CC(COC)OC(=O)CSc1nc(-c2ccc(OC)cc2)cc(-c2ccccc2)c1C#N. The van der Waals surface area contributed by atoms with Crippen LogP contribution < -0.4 is 4.74 Å². The molecule has 1 heterocycles. The molecule has 1 aromatic heterocycles. The van der Waals surface area contributed by atoms with E-state index in [0.717, 1.165) is 47.0 Å². The van der Waals surface area contributed by atoms with Crippen LogP contribution in [0.15, 0.2) is 65.7 Å². The molecule has 38 heavy (non-hydrogen) atoms. The van der Waals surface area contributed by atoms with Gasteiger partial charge in [-0.3, -0.25) is 9.00 Å². The number of ether oxygens (including phenoxy) is 3. The summed E-state index contributed by atoms with van der Waals surface area (Å²) in [6.45, 7) is 2.21. The third kappa shape index (κ3) is 8.42. The highest BCUT2D eigenvalue weighted by molar-refractivity contribution is 8.00. The molecule has 7 nitrogen and oxygen atoms in total. The number of pyridine rings is 1. The minimum atomic E-state index is -1.09. The van der Waals surface area contributed by atoms with Crippen LogP contribution in [0.1, 0.15) is 25.3 Å². The van der Waals surface area contributed by atoms with Gasteiger partial charge in [0.15, 0.2) is 0 Å². The van der Waals surface area contributed by atoms with Crippen LogP contribution in [-0.4, -0.2) is 59.4 Å². The first-order valence-electron chi connectivity index (χ1n) is 12.3. The summed E-state index contributed by atoms with van der Waals surface area (Å²) in [6, 6.07) is 21.3. The predicted octanol–water partition coefficient (Wildman–Crippen LogP) is 5.49. The number of nitrogens with zero attached hydrogens (tertiary/aromatic N) is 2. The maximum absolute atomic E-state index is 12.8. The van der Waals surface area contributed by atoms with Gasteiger partial charge in [-0.25, -0.2) is 4.98 Å². The molecule has 2 aromatic carbocycles. The van der Waals surface area contributed by atoms with Crippen LogP contribution in [0, 0.1) is 11.3 Å². The molecule has 0 radical (unpaired) electrons. The minimum Gasteiger partial charge on any atom is -0.497 e.